The lowest BCUT2D eigenvalue weighted by molar-refractivity contribution is 0.448. The number of benzene rings is 7. The van der Waals surface area contributed by atoms with Crippen LogP contribution in [-0.2, 0) is 0 Å². The van der Waals surface area contributed by atoms with Crippen LogP contribution < -0.4 is 30.6 Å². The van der Waals surface area contributed by atoms with Gasteiger partial charge >= 0.3 is 0 Å². The van der Waals surface area contributed by atoms with Gasteiger partial charge in [0.05, 0.1) is 32.8 Å². The summed E-state index contributed by atoms with van der Waals surface area (Å²) in [6.45, 7) is -0.103. The summed E-state index contributed by atoms with van der Waals surface area (Å²) in [7, 11) is 0. The van der Waals surface area contributed by atoms with E-state index in [-0.39, 0.29) is 6.71 Å². The van der Waals surface area contributed by atoms with Crippen molar-refractivity contribution in [2.24, 2.45) is 0 Å². The third kappa shape index (κ3) is 2.94. The summed E-state index contributed by atoms with van der Waals surface area (Å²) in [4.78, 5) is 0. The van der Waals surface area contributed by atoms with E-state index in [1.165, 1.54) is 0 Å². The van der Waals surface area contributed by atoms with Crippen LogP contribution in [0.1, 0.15) is 0 Å². The molecule has 12 rings (SSSR count). The van der Waals surface area contributed by atoms with Crippen molar-refractivity contribution in [3.63, 3.8) is 0 Å². The molecule has 2 aromatic heterocycles. The average Bonchev–Trinajstić information content (AvgIpc) is 3.65. The Morgan fingerprint density at radius 2 is 0.833 bits per heavy atom. The molecule has 0 spiro atoms. The molecule has 5 heterocycles. The Morgan fingerprint density at radius 1 is 0.375 bits per heavy atom. The molecule has 0 bridgehead atoms. The molecule has 7 aromatic carbocycles. The minimum atomic E-state index is -0.103. The zero-order valence-corrected chi connectivity index (χ0v) is 25.5. The van der Waals surface area contributed by atoms with Crippen LogP contribution in [0, 0.1) is 0 Å². The predicted molar refractivity (Wildman–Crippen MR) is 193 cm³/mol. The maximum atomic E-state index is 7.40. The molecule has 6 heteroatoms. The normalized spacial score (nSPS) is 13.5. The van der Waals surface area contributed by atoms with Crippen LogP contribution in [0.15, 0.2) is 140 Å². The van der Waals surface area contributed by atoms with Gasteiger partial charge < -0.3 is 23.3 Å². The summed E-state index contributed by atoms with van der Waals surface area (Å²) in [6, 6.07) is 48.9. The lowest BCUT2D eigenvalue weighted by Crippen LogP contribution is -2.59. The first kappa shape index (κ1) is 24.8. The van der Waals surface area contributed by atoms with Crippen LogP contribution in [0.4, 0.5) is 0 Å². The highest BCUT2D eigenvalue weighted by atomic mass is 16.5. The quantitative estimate of drug-likeness (QED) is 0.183. The molecule has 9 aromatic rings. The topological polar surface area (TPSA) is 37.5 Å². The highest BCUT2D eigenvalue weighted by molar-refractivity contribution is 7.00. The van der Waals surface area contributed by atoms with Gasteiger partial charge in [0.1, 0.15) is 34.5 Å². The Balaban J connectivity index is 1.27. The number of aromatic nitrogens is 2. The molecule has 0 atom stereocenters. The van der Waals surface area contributed by atoms with Crippen molar-refractivity contribution >= 4 is 66.7 Å². The molecule has 5 nitrogen and oxygen atoms in total. The molecule has 0 radical (unpaired) electrons. The van der Waals surface area contributed by atoms with Gasteiger partial charge in [0, 0.05) is 50.7 Å². The Morgan fingerprint density at radius 3 is 1.33 bits per heavy atom. The smallest absolute Gasteiger partial charge is 0.270 e. The predicted octanol–water partition coefficient (Wildman–Crippen LogP) is 8.71. The van der Waals surface area contributed by atoms with Crippen LogP contribution in [0.2, 0.25) is 0 Å². The monoisotopic (exact) mass is 614 g/mol. The van der Waals surface area contributed by atoms with Crippen LogP contribution in [0.3, 0.4) is 0 Å². The second kappa shape index (κ2) is 8.69. The lowest BCUT2D eigenvalue weighted by atomic mass is 9.33. The van der Waals surface area contributed by atoms with Gasteiger partial charge in [0.25, 0.3) is 6.71 Å². The Labute approximate surface area is 274 Å². The SMILES string of the molecule is c1ccc(-n2c3ccccc3c3c4c5c(cc32)Oc2cccc3c2B5c2c(cc5c(c2O4)c2ccccc2n5-c2ccccc2)O3)cc1. The highest BCUT2D eigenvalue weighted by Gasteiger charge is 2.48. The Bertz CT molecular complexity index is 2680. The van der Waals surface area contributed by atoms with Gasteiger partial charge in [-0.2, -0.15) is 0 Å². The fourth-order valence-electron chi connectivity index (χ4n) is 8.56. The third-order valence-electron chi connectivity index (χ3n) is 10.4. The molecule has 0 saturated carbocycles. The number of fused-ring (bicyclic) bond motifs is 8. The fraction of sp³-hybridized carbons (Fsp3) is 0. The fourth-order valence-corrected chi connectivity index (χ4v) is 8.56. The van der Waals surface area contributed by atoms with E-state index in [2.05, 4.69) is 143 Å². The molecule has 0 amide bonds. The number of rotatable bonds is 2. The molecule has 3 aliphatic heterocycles. The Kier molecular flexibility index (Phi) is 4.49. The van der Waals surface area contributed by atoms with E-state index in [9.17, 15) is 0 Å². The van der Waals surface area contributed by atoms with E-state index >= 15 is 0 Å². The minimum absolute atomic E-state index is 0.103. The zero-order chi connectivity index (χ0) is 31.1. The molecular formula is C42H23BN2O3. The number of para-hydroxylation sites is 4. The molecule has 0 unspecified atom stereocenters. The number of hydrogen-bond donors (Lipinski definition) is 0. The van der Waals surface area contributed by atoms with Gasteiger partial charge in [-0.25, -0.2) is 0 Å². The zero-order valence-electron chi connectivity index (χ0n) is 25.5. The van der Waals surface area contributed by atoms with Crippen molar-refractivity contribution < 1.29 is 14.2 Å². The second-order valence-corrected chi connectivity index (χ2v) is 12.8. The van der Waals surface area contributed by atoms with Gasteiger partial charge in [-0.05, 0) is 48.5 Å². The van der Waals surface area contributed by atoms with Crippen molar-refractivity contribution in [3.05, 3.63) is 140 Å². The Hall–Kier alpha value is -6.40. The number of nitrogens with zero attached hydrogens (tertiary/aromatic N) is 2. The second-order valence-electron chi connectivity index (χ2n) is 12.8. The average molecular weight is 614 g/mol. The van der Waals surface area contributed by atoms with Crippen LogP contribution in [0.5, 0.6) is 34.5 Å². The first-order valence-electron chi connectivity index (χ1n) is 16.3. The van der Waals surface area contributed by atoms with Gasteiger partial charge in [0.15, 0.2) is 0 Å². The van der Waals surface area contributed by atoms with E-state index < -0.39 is 0 Å². The first-order valence-corrected chi connectivity index (χ1v) is 16.3. The third-order valence-corrected chi connectivity index (χ3v) is 10.4. The highest BCUT2D eigenvalue weighted by Crippen LogP contribution is 2.50. The van der Waals surface area contributed by atoms with Gasteiger partial charge in [0.2, 0.25) is 0 Å². The van der Waals surface area contributed by atoms with E-state index in [0.29, 0.717) is 0 Å². The van der Waals surface area contributed by atoms with E-state index in [0.717, 1.165) is 106 Å². The van der Waals surface area contributed by atoms with Crippen molar-refractivity contribution in [2.75, 3.05) is 0 Å². The van der Waals surface area contributed by atoms with E-state index in [4.69, 9.17) is 14.2 Å². The van der Waals surface area contributed by atoms with Gasteiger partial charge in [-0.1, -0.05) is 78.9 Å². The van der Waals surface area contributed by atoms with Gasteiger partial charge in [-0.3, -0.25) is 0 Å². The molecule has 222 valence electrons. The van der Waals surface area contributed by atoms with E-state index in [1.54, 1.807) is 0 Å². The largest absolute Gasteiger partial charge is 0.458 e. The summed E-state index contributed by atoms with van der Waals surface area (Å²) < 4.78 is 25.6. The van der Waals surface area contributed by atoms with Crippen LogP contribution in [0.25, 0.3) is 55.0 Å². The molecule has 3 aliphatic rings. The molecule has 0 N–H and O–H groups in total. The summed E-state index contributed by atoms with van der Waals surface area (Å²) in [6.07, 6.45) is 0. The lowest BCUT2D eigenvalue weighted by Gasteiger charge is -2.38. The molecular weight excluding hydrogens is 591 g/mol. The van der Waals surface area contributed by atoms with Crippen molar-refractivity contribution in [1.29, 1.82) is 0 Å². The number of ether oxygens (including phenoxy) is 3. The molecule has 0 aliphatic carbocycles. The van der Waals surface area contributed by atoms with E-state index in [1.807, 2.05) is 6.07 Å². The summed E-state index contributed by atoms with van der Waals surface area (Å²) in [5, 5.41) is 4.45. The number of hydrogen-bond acceptors (Lipinski definition) is 3. The van der Waals surface area contributed by atoms with Crippen molar-refractivity contribution in [1.82, 2.24) is 9.13 Å². The van der Waals surface area contributed by atoms with Crippen LogP contribution >= 0.6 is 0 Å². The summed E-state index contributed by atoms with van der Waals surface area (Å²) >= 11 is 0. The molecule has 0 saturated heterocycles. The standard InChI is InChI=1S/C42H23BN2O3/c1-3-12-24(13-4-1)44-28-18-9-7-16-26(28)36-30(44)22-34-39-41(36)48-42-37-27-17-8-10-19-29(27)45(25-14-5-2-6-15-25)31(37)23-35-40(42)43(39)38-32(46-34)20-11-21-33(38)47-35/h1-23H. The maximum Gasteiger partial charge on any atom is 0.270 e. The van der Waals surface area contributed by atoms with Crippen molar-refractivity contribution in [3.8, 4) is 45.9 Å². The molecule has 0 fully saturated rings. The first-order chi connectivity index (χ1) is 23.8. The minimum Gasteiger partial charge on any atom is -0.458 e. The maximum absolute atomic E-state index is 7.40. The van der Waals surface area contributed by atoms with Crippen LogP contribution in [-0.4, -0.2) is 15.8 Å². The van der Waals surface area contributed by atoms with Gasteiger partial charge in [-0.15, -0.1) is 0 Å². The molecule has 48 heavy (non-hydrogen) atoms. The summed E-state index contributed by atoms with van der Waals surface area (Å²) in [5.74, 6) is 4.98. The summed E-state index contributed by atoms with van der Waals surface area (Å²) in [5.41, 5.74) is 9.69. The van der Waals surface area contributed by atoms with Crippen molar-refractivity contribution in [2.45, 2.75) is 0 Å².